The molecule has 0 spiro atoms. The number of methoxy groups -OCH3 is 2. The minimum absolute atomic E-state index is 0.423. The van der Waals surface area contributed by atoms with Crippen LogP contribution in [-0.4, -0.2) is 50.1 Å². The molecule has 0 aliphatic carbocycles. The molecular formula is C8H15FO4. The van der Waals surface area contributed by atoms with E-state index in [9.17, 15) is 9.50 Å². The normalized spacial score (nSPS) is 46.4. The van der Waals surface area contributed by atoms with Crippen LogP contribution in [0.15, 0.2) is 0 Å². The van der Waals surface area contributed by atoms with Crippen molar-refractivity contribution >= 4 is 0 Å². The molecule has 0 aromatic heterocycles. The van der Waals surface area contributed by atoms with Crippen LogP contribution < -0.4 is 0 Å². The highest BCUT2D eigenvalue weighted by Crippen LogP contribution is 2.25. The van der Waals surface area contributed by atoms with E-state index in [2.05, 4.69) is 0 Å². The van der Waals surface area contributed by atoms with E-state index in [1.54, 1.807) is 6.92 Å². The molecular weight excluding hydrogens is 179 g/mol. The number of rotatable bonds is 2. The molecule has 1 heterocycles. The van der Waals surface area contributed by atoms with Gasteiger partial charge in [0.05, 0.1) is 6.10 Å². The fraction of sp³-hybridized carbons (Fsp3) is 1.00. The zero-order valence-electron chi connectivity index (χ0n) is 7.94. The second-order valence-electron chi connectivity index (χ2n) is 3.08. The average molecular weight is 194 g/mol. The molecule has 1 N–H and O–H groups in total. The predicted octanol–water partition coefficient (Wildman–Crippen LogP) is 0.0916. The Bertz CT molecular complexity index is 166. The Hall–Kier alpha value is -0.230. The van der Waals surface area contributed by atoms with Crippen LogP contribution in [0, 0.1) is 0 Å². The van der Waals surface area contributed by atoms with Crippen molar-refractivity contribution in [2.45, 2.75) is 37.7 Å². The van der Waals surface area contributed by atoms with Gasteiger partial charge in [-0.05, 0) is 6.92 Å². The molecule has 0 aromatic rings. The van der Waals surface area contributed by atoms with Crippen molar-refractivity contribution < 1.29 is 23.7 Å². The number of halogens is 1. The van der Waals surface area contributed by atoms with Crippen LogP contribution in [0.5, 0.6) is 0 Å². The van der Waals surface area contributed by atoms with Crippen LogP contribution in [0.25, 0.3) is 0 Å². The van der Waals surface area contributed by atoms with Crippen LogP contribution in [-0.2, 0) is 14.2 Å². The molecule has 0 aromatic carbocycles. The molecule has 1 aliphatic rings. The highest BCUT2D eigenvalue weighted by Gasteiger charge is 2.44. The van der Waals surface area contributed by atoms with Crippen molar-refractivity contribution in [2.75, 3.05) is 14.2 Å². The molecule has 1 aliphatic heterocycles. The average Bonchev–Trinajstić information content (AvgIpc) is 2.12. The van der Waals surface area contributed by atoms with E-state index < -0.39 is 30.8 Å². The number of aliphatic hydroxyl groups excluding tert-OH is 1. The molecule has 78 valence electrons. The molecule has 13 heavy (non-hydrogen) atoms. The number of aliphatic hydroxyl groups is 1. The Balaban J connectivity index is 2.66. The lowest BCUT2D eigenvalue weighted by Crippen LogP contribution is -2.55. The second-order valence-corrected chi connectivity index (χ2v) is 3.08. The van der Waals surface area contributed by atoms with Gasteiger partial charge >= 0.3 is 0 Å². The number of hydrogen-bond acceptors (Lipinski definition) is 4. The summed E-state index contributed by atoms with van der Waals surface area (Å²) in [5.74, 6) is 0. The van der Waals surface area contributed by atoms with E-state index >= 15 is 0 Å². The standard InChI is InChI=1S/C8H15FO4/c1-4-7(11-2)5(9)6(10)8(12-3)13-4/h4-8,10H,1-3H3/t4-,5-,6-,7-,8+/m1/s1. The number of hydrogen-bond donors (Lipinski definition) is 1. The third-order valence-corrected chi connectivity index (χ3v) is 2.23. The minimum atomic E-state index is -1.47. The SMILES string of the molecule is CO[C@H]1O[C@H](C)[C@@H](OC)[C@H](F)[C@H]1O. The first kappa shape index (κ1) is 10.8. The van der Waals surface area contributed by atoms with Gasteiger partial charge in [-0.3, -0.25) is 0 Å². The Labute approximate surface area is 76.6 Å². The molecule has 5 heteroatoms. The van der Waals surface area contributed by atoms with Gasteiger partial charge in [0, 0.05) is 14.2 Å². The smallest absolute Gasteiger partial charge is 0.186 e. The summed E-state index contributed by atoms with van der Waals surface area (Å²) in [7, 11) is 2.75. The van der Waals surface area contributed by atoms with Crippen molar-refractivity contribution in [2.24, 2.45) is 0 Å². The third-order valence-electron chi connectivity index (χ3n) is 2.23. The van der Waals surface area contributed by atoms with Gasteiger partial charge in [0.2, 0.25) is 0 Å². The van der Waals surface area contributed by atoms with E-state index in [-0.39, 0.29) is 0 Å². The molecule has 1 saturated heterocycles. The van der Waals surface area contributed by atoms with Crippen molar-refractivity contribution in [3.8, 4) is 0 Å². The summed E-state index contributed by atoms with van der Waals surface area (Å²) < 4.78 is 28.2. The summed E-state index contributed by atoms with van der Waals surface area (Å²) in [4.78, 5) is 0. The predicted molar refractivity (Wildman–Crippen MR) is 43.0 cm³/mol. The maximum Gasteiger partial charge on any atom is 0.186 e. The van der Waals surface area contributed by atoms with Gasteiger partial charge in [0.15, 0.2) is 12.5 Å². The Morgan fingerprint density at radius 1 is 1.31 bits per heavy atom. The third kappa shape index (κ3) is 1.99. The molecule has 4 nitrogen and oxygen atoms in total. The molecule has 0 amide bonds. The molecule has 5 atom stereocenters. The quantitative estimate of drug-likeness (QED) is 0.677. The zero-order valence-corrected chi connectivity index (χ0v) is 7.94. The highest BCUT2D eigenvalue weighted by molar-refractivity contribution is 4.88. The van der Waals surface area contributed by atoms with Crippen molar-refractivity contribution in [1.82, 2.24) is 0 Å². The van der Waals surface area contributed by atoms with E-state index in [0.29, 0.717) is 0 Å². The molecule has 1 fully saturated rings. The fourth-order valence-corrected chi connectivity index (χ4v) is 1.49. The summed E-state index contributed by atoms with van der Waals surface area (Å²) in [6.07, 6.45) is -4.82. The maximum absolute atomic E-state index is 13.4. The number of ether oxygens (including phenoxy) is 3. The maximum atomic E-state index is 13.4. The van der Waals surface area contributed by atoms with Crippen LogP contribution in [0.3, 0.4) is 0 Å². The van der Waals surface area contributed by atoms with Crippen molar-refractivity contribution in [3.63, 3.8) is 0 Å². The van der Waals surface area contributed by atoms with Crippen LogP contribution in [0.4, 0.5) is 4.39 Å². The van der Waals surface area contributed by atoms with E-state index in [0.717, 1.165) is 0 Å². The summed E-state index contributed by atoms with van der Waals surface area (Å²) in [5, 5.41) is 9.35. The summed E-state index contributed by atoms with van der Waals surface area (Å²) in [6, 6.07) is 0. The Kier molecular flexibility index (Phi) is 3.61. The minimum Gasteiger partial charge on any atom is -0.385 e. The Morgan fingerprint density at radius 2 is 1.92 bits per heavy atom. The largest absolute Gasteiger partial charge is 0.385 e. The lowest BCUT2D eigenvalue weighted by molar-refractivity contribution is -0.278. The van der Waals surface area contributed by atoms with E-state index in [4.69, 9.17) is 14.2 Å². The Morgan fingerprint density at radius 3 is 2.38 bits per heavy atom. The second kappa shape index (κ2) is 4.32. The van der Waals surface area contributed by atoms with Gasteiger partial charge < -0.3 is 19.3 Å². The van der Waals surface area contributed by atoms with Gasteiger partial charge in [-0.15, -0.1) is 0 Å². The van der Waals surface area contributed by atoms with Crippen molar-refractivity contribution in [3.05, 3.63) is 0 Å². The van der Waals surface area contributed by atoms with Gasteiger partial charge in [0.25, 0.3) is 0 Å². The molecule has 0 unspecified atom stereocenters. The van der Waals surface area contributed by atoms with Gasteiger partial charge in [-0.2, -0.15) is 0 Å². The van der Waals surface area contributed by atoms with Gasteiger partial charge in [-0.1, -0.05) is 0 Å². The van der Waals surface area contributed by atoms with Crippen LogP contribution >= 0.6 is 0 Å². The first-order valence-corrected chi connectivity index (χ1v) is 4.15. The summed E-state index contributed by atoms with van der Waals surface area (Å²) in [5.41, 5.74) is 0. The summed E-state index contributed by atoms with van der Waals surface area (Å²) >= 11 is 0. The van der Waals surface area contributed by atoms with Crippen LogP contribution in [0.1, 0.15) is 6.92 Å². The molecule has 0 radical (unpaired) electrons. The molecule has 1 rings (SSSR count). The first-order valence-electron chi connectivity index (χ1n) is 4.15. The molecule has 0 bridgehead atoms. The van der Waals surface area contributed by atoms with Crippen LogP contribution in [0.2, 0.25) is 0 Å². The van der Waals surface area contributed by atoms with Gasteiger partial charge in [0.1, 0.15) is 12.2 Å². The monoisotopic (exact) mass is 194 g/mol. The first-order chi connectivity index (χ1) is 6.11. The lowest BCUT2D eigenvalue weighted by Gasteiger charge is -2.38. The summed E-state index contributed by atoms with van der Waals surface area (Å²) in [6.45, 7) is 1.68. The van der Waals surface area contributed by atoms with E-state index in [1.807, 2.05) is 0 Å². The van der Waals surface area contributed by atoms with Crippen molar-refractivity contribution in [1.29, 1.82) is 0 Å². The fourth-order valence-electron chi connectivity index (χ4n) is 1.49. The highest BCUT2D eigenvalue weighted by atomic mass is 19.1. The van der Waals surface area contributed by atoms with E-state index in [1.165, 1.54) is 14.2 Å². The topological polar surface area (TPSA) is 47.9 Å². The van der Waals surface area contributed by atoms with Gasteiger partial charge in [-0.25, -0.2) is 4.39 Å². The lowest BCUT2D eigenvalue weighted by atomic mass is 10.0. The number of alkyl halides is 1. The zero-order chi connectivity index (χ0) is 10.0. The molecule has 0 saturated carbocycles.